The number of alkyl halides is 3. The summed E-state index contributed by atoms with van der Waals surface area (Å²) in [7, 11) is 0. The number of rotatable bonds is 5. The molecule has 1 aromatic heterocycles. The van der Waals surface area contributed by atoms with Crippen LogP contribution in [0.1, 0.15) is 10.5 Å². The molecule has 0 aliphatic heterocycles. The first-order chi connectivity index (χ1) is 8.38. The third-order valence-corrected chi connectivity index (χ3v) is 2.67. The van der Waals surface area contributed by atoms with Crippen LogP contribution in [0.3, 0.4) is 0 Å². The molecular formula is C11H11Cl3N2O2. The number of hydrogen-bond acceptors (Lipinski definition) is 3. The van der Waals surface area contributed by atoms with Crippen molar-refractivity contribution in [2.75, 3.05) is 0 Å². The molecule has 0 saturated heterocycles. The fourth-order valence-electron chi connectivity index (χ4n) is 1.27. The molecule has 1 heterocycles. The van der Waals surface area contributed by atoms with Gasteiger partial charge in [-0.2, -0.15) is 0 Å². The van der Waals surface area contributed by atoms with E-state index in [9.17, 15) is 4.79 Å². The summed E-state index contributed by atoms with van der Waals surface area (Å²) in [6, 6.07) is 3.39. The SMILES string of the molecule is C=CC(Cn1cccc1C=O)OC(=N)C(Cl)(Cl)Cl. The van der Waals surface area contributed by atoms with E-state index < -0.39 is 15.8 Å². The van der Waals surface area contributed by atoms with Gasteiger partial charge in [-0.1, -0.05) is 41.4 Å². The Balaban J connectivity index is 2.72. The molecule has 0 radical (unpaired) electrons. The maximum absolute atomic E-state index is 10.7. The summed E-state index contributed by atoms with van der Waals surface area (Å²) in [5, 5.41) is 7.46. The molecule has 0 amide bonds. The van der Waals surface area contributed by atoms with Gasteiger partial charge in [-0.15, -0.1) is 0 Å². The fraction of sp³-hybridized carbons (Fsp3) is 0.273. The Morgan fingerprint density at radius 3 is 2.78 bits per heavy atom. The standard InChI is InChI=1S/C11H11Cl3N2O2/c1-2-9(18-10(15)11(12,13)14)6-16-5-3-4-8(16)7-17/h2-5,7,9,15H,1,6H2. The number of hydrogen-bond donors (Lipinski definition) is 1. The van der Waals surface area contributed by atoms with Crippen molar-refractivity contribution in [3.05, 3.63) is 36.7 Å². The van der Waals surface area contributed by atoms with Gasteiger partial charge in [0.2, 0.25) is 5.90 Å². The van der Waals surface area contributed by atoms with Crippen molar-refractivity contribution < 1.29 is 9.53 Å². The zero-order valence-electron chi connectivity index (χ0n) is 9.28. The van der Waals surface area contributed by atoms with Gasteiger partial charge in [-0.3, -0.25) is 10.2 Å². The van der Waals surface area contributed by atoms with Gasteiger partial charge in [0.15, 0.2) is 6.29 Å². The minimum absolute atomic E-state index is 0.299. The van der Waals surface area contributed by atoms with E-state index in [1.165, 1.54) is 6.08 Å². The van der Waals surface area contributed by atoms with E-state index in [4.69, 9.17) is 44.9 Å². The fourth-order valence-corrected chi connectivity index (χ4v) is 1.41. The van der Waals surface area contributed by atoms with Gasteiger partial charge in [-0.25, -0.2) is 0 Å². The van der Waals surface area contributed by atoms with E-state index >= 15 is 0 Å². The molecule has 7 heteroatoms. The zero-order valence-corrected chi connectivity index (χ0v) is 11.5. The van der Waals surface area contributed by atoms with Crippen LogP contribution < -0.4 is 0 Å². The molecule has 1 atom stereocenters. The third kappa shape index (κ3) is 4.05. The summed E-state index contributed by atoms with van der Waals surface area (Å²) in [5.41, 5.74) is 0.492. The minimum Gasteiger partial charge on any atom is -0.469 e. The van der Waals surface area contributed by atoms with Crippen LogP contribution in [0.25, 0.3) is 0 Å². The van der Waals surface area contributed by atoms with Crippen molar-refractivity contribution in [1.82, 2.24) is 4.57 Å². The molecule has 0 saturated carbocycles. The van der Waals surface area contributed by atoms with Crippen LogP contribution in [-0.2, 0) is 11.3 Å². The van der Waals surface area contributed by atoms with Gasteiger partial charge in [0.25, 0.3) is 3.79 Å². The Bertz CT molecular complexity index is 451. The number of halogens is 3. The van der Waals surface area contributed by atoms with Crippen LogP contribution in [0, 0.1) is 5.41 Å². The molecule has 0 bridgehead atoms. The van der Waals surface area contributed by atoms with E-state index in [2.05, 4.69) is 6.58 Å². The lowest BCUT2D eigenvalue weighted by Gasteiger charge is -2.20. The average molecular weight is 310 g/mol. The van der Waals surface area contributed by atoms with Crippen LogP contribution in [0.15, 0.2) is 31.0 Å². The van der Waals surface area contributed by atoms with Crippen molar-refractivity contribution >= 4 is 47.0 Å². The molecular weight excluding hydrogens is 298 g/mol. The molecule has 1 aromatic rings. The predicted octanol–water partition coefficient (Wildman–Crippen LogP) is 3.22. The summed E-state index contributed by atoms with van der Waals surface area (Å²) in [6.07, 6.45) is 3.34. The van der Waals surface area contributed by atoms with Gasteiger partial charge in [0, 0.05) is 6.20 Å². The second-order valence-corrected chi connectivity index (χ2v) is 5.70. The zero-order chi connectivity index (χ0) is 13.8. The van der Waals surface area contributed by atoms with Gasteiger partial charge >= 0.3 is 0 Å². The first kappa shape index (κ1) is 15.1. The number of nitrogens with zero attached hydrogens (tertiary/aromatic N) is 1. The van der Waals surface area contributed by atoms with Gasteiger partial charge < -0.3 is 9.30 Å². The predicted molar refractivity (Wildman–Crippen MR) is 72.9 cm³/mol. The summed E-state index contributed by atoms with van der Waals surface area (Å²) in [5.74, 6) is -0.489. The molecule has 4 nitrogen and oxygen atoms in total. The first-order valence-electron chi connectivity index (χ1n) is 4.93. The number of nitrogens with one attached hydrogen (secondary N) is 1. The highest BCUT2D eigenvalue weighted by molar-refractivity contribution is 6.76. The van der Waals surface area contributed by atoms with Crippen molar-refractivity contribution in [3.63, 3.8) is 0 Å². The Hall–Kier alpha value is -0.970. The molecule has 1 N–H and O–H groups in total. The number of ether oxygens (including phenoxy) is 1. The molecule has 1 rings (SSSR count). The lowest BCUT2D eigenvalue weighted by atomic mass is 10.3. The lowest BCUT2D eigenvalue weighted by Crippen LogP contribution is -2.29. The van der Waals surface area contributed by atoms with Gasteiger partial charge in [0.1, 0.15) is 6.10 Å². The quantitative estimate of drug-likeness (QED) is 0.298. The minimum atomic E-state index is -1.91. The van der Waals surface area contributed by atoms with Crippen LogP contribution in [0.2, 0.25) is 0 Å². The van der Waals surface area contributed by atoms with E-state index in [0.717, 1.165) is 6.29 Å². The van der Waals surface area contributed by atoms with Crippen LogP contribution >= 0.6 is 34.8 Å². The maximum atomic E-state index is 10.7. The van der Waals surface area contributed by atoms with E-state index in [0.29, 0.717) is 12.2 Å². The summed E-state index contributed by atoms with van der Waals surface area (Å²) >= 11 is 16.5. The number of aromatic nitrogens is 1. The molecule has 0 fully saturated rings. The molecule has 0 spiro atoms. The maximum Gasteiger partial charge on any atom is 0.265 e. The van der Waals surface area contributed by atoms with Crippen molar-refractivity contribution in [1.29, 1.82) is 5.41 Å². The van der Waals surface area contributed by atoms with E-state index in [1.807, 2.05) is 0 Å². The van der Waals surface area contributed by atoms with Gasteiger partial charge in [0.05, 0.1) is 12.2 Å². The van der Waals surface area contributed by atoms with Crippen molar-refractivity contribution in [2.45, 2.75) is 16.4 Å². The molecule has 98 valence electrons. The Morgan fingerprint density at radius 1 is 1.61 bits per heavy atom. The topological polar surface area (TPSA) is 55.1 Å². The second-order valence-electron chi connectivity index (χ2n) is 3.42. The number of carbonyl (C=O) groups excluding carboxylic acids is 1. The van der Waals surface area contributed by atoms with Crippen LogP contribution in [0.4, 0.5) is 0 Å². The van der Waals surface area contributed by atoms with Crippen LogP contribution in [0.5, 0.6) is 0 Å². The Kier molecular flexibility index (Phi) is 5.26. The summed E-state index contributed by atoms with van der Waals surface area (Å²) in [4.78, 5) is 10.7. The van der Waals surface area contributed by atoms with Crippen molar-refractivity contribution in [2.24, 2.45) is 0 Å². The summed E-state index contributed by atoms with van der Waals surface area (Å²) < 4.78 is 4.92. The molecule has 0 aliphatic carbocycles. The average Bonchev–Trinajstić information content (AvgIpc) is 2.73. The first-order valence-corrected chi connectivity index (χ1v) is 6.07. The van der Waals surface area contributed by atoms with Crippen molar-refractivity contribution in [3.8, 4) is 0 Å². The monoisotopic (exact) mass is 308 g/mol. The number of carbonyl (C=O) groups is 1. The Labute approximate surface area is 120 Å². The second kappa shape index (κ2) is 6.27. The molecule has 18 heavy (non-hydrogen) atoms. The van der Waals surface area contributed by atoms with E-state index in [-0.39, 0.29) is 0 Å². The molecule has 0 aromatic carbocycles. The highest BCUT2D eigenvalue weighted by atomic mass is 35.6. The lowest BCUT2D eigenvalue weighted by molar-refractivity contribution is 0.111. The van der Waals surface area contributed by atoms with E-state index in [1.54, 1.807) is 22.9 Å². The highest BCUT2D eigenvalue weighted by Gasteiger charge is 2.30. The number of aldehydes is 1. The normalized spacial score (nSPS) is 12.8. The molecule has 0 aliphatic rings. The van der Waals surface area contributed by atoms with Crippen LogP contribution in [-0.4, -0.2) is 26.6 Å². The largest absolute Gasteiger partial charge is 0.469 e. The Morgan fingerprint density at radius 2 is 2.28 bits per heavy atom. The molecule has 1 unspecified atom stereocenters. The highest BCUT2D eigenvalue weighted by Crippen LogP contribution is 2.28. The smallest absolute Gasteiger partial charge is 0.265 e. The van der Waals surface area contributed by atoms with Gasteiger partial charge in [-0.05, 0) is 18.2 Å². The summed E-state index contributed by atoms with van der Waals surface area (Å²) in [6.45, 7) is 3.88. The third-order valence-electron chi connectivity index (χ3n) is 2.15.